The summed E-state index contributed by atoms with van der Waals surface area (Å²) >= 11 is 0. The molecule has 0 fully saturated rings. The predicted molar refractivity (Wildman–Crippen MR) is 229 cm³/mol. The van der Waals surface area contributed by atoms with Crippen molar-refractivity contribution >= 4 is 57.2 Å². The van der Waals surface area contributed by atoms with Crippen LogP contribution < -0.4 is 26.2 Å². The molecule has 0 saturated heterocycles. The van der Waals surface area contributed by atoms with E-state index in [4.69, 9.17) is 4.98 Å². The van der Waals surface area contributed by atoms with Crippen LogP contribution >= 0.6 is 0 Å². The molecule has 3 heterocycles. The Morgan fingerprint density at radius 1 is 0.426 bits per heavy atom. The lowest BCUT2D eigenvalue weighted by Gasteiger charge is -2.44. The average Bonchev–Trinajstić information content (AvgIpc) is 3.21. The molecule has 0 N–H and O–H groups in total. The summed E-state index contributed by atoms with van der Waals surface area (Å²) in [5, 5.41) is 0. The number of hydrogen-bond acceptors (Lipinski definition) is 3. The molecule has 54 heavy (non-hydrogen) atoms. The molecule has 0 saturated carbocycles. The quantitative estimate of drug-likeness (QED) is 0.168. The van der Waals surface area contributed by atoms with Crippen LogP contribution in [0.25, 0.3) is 33.4 Å². The summed E-state index contributed by atoms with van der Waals surface area (Å²) in [6.07, 6.45) is 0. The molecule has 0 bridgehead atoms. The molecule has 0 unspecified atom stereocenters. The molecule has 10 rings (SSSR count). The Labute approximate surface area is 317 Å². The van der Waals surface area contributed by atoms with Crippen LogP contribution in [0.15, 0.2) is 176 Å². The van der Waals surface area contributed by atoms with E-state index in [1.54, 1.807) is 0 Å². The number of aromatic nitrogens is 1. The number of fused-ring (bicyclic) bond motifs is 4. The lowest BCUT2D eigenvalue weighted by Crippen LogP contribution is -2.61. The highest BCUT2D eigenvalue weighted by Crippen LogP contribution is 2.47. The van der Waals surface area contributed by atoms with Crippen molar-refractivity contribution in [3.8, 4) is 33.4 Å². The highest BCUT2D eigenvalue weighted by atomic mass is 15.2. The Morgan fingerprint density at radius 2 is 0.963 bits per heavy atom. The molecule has 256 valence electrons. The first kappa shape index (κ1) is 32.0. The van der Waals surface area contributed by atoms with Crippen LogP contribution in [0.3, 0.4) is 0 Å². The molecule has 2 aliphatic rings. The Morgan fingerprint density at radius 3 is 1.59 bits per heavy atom. The van der Waals surface area contributed by atoms with Gasteiger partial charge in [-0.25, -0.2) is 0 Å². The van der Waals surface area contributed by atoms with E-state index >= 15 is 0 Å². The third-order valence-electron chi connectivity index (χ3n) is 11.1. The van der Waals surface area contributed by atoms with E-state index in [0.717, 1.165) is 22.8 Å². The van der Waals surface area contributed by atoms with Gasteiger partial charge in [0.2, 0.25) is 0 Å². The number of nitrogens with zero attached hydrogens (tertiary/aromatic N) is 3. The molecule has 7 aromatic carbocycles. The third kappa shape index (κ3) is 5.09. The summed E-state index contributed by atoms with van der Waals surface area (Å²) in [5.41, 5.74) is 21.5. The zero-order valence-electron chi connectivity index (χ0n) is 30.7. The fraction of sp³-hybridized carbons (Fsp3) is 0.0600. The fourth-order valence-corrected chi connectivity index (χ4v) is 9.04. The van der Waals surface area contributed by atoms with Crippen molar-refractivity contribution < 1.29 is 0 Å². The highest BCUT2D eigenvalue weighted by Gasteiger charge is 2.43. The van der Waals surface area contributed by atoms with Crippen LogP contribution in [-0.2, 0) is 0 Å². The van der Waals surface area contributed by atoms with Crippen molar-refractivity contribution in [2.75, 3.05) is 9.80 Å². The number of para-hydroxylation sites is 3. The van der Waals surface area contributed by atoms with Crippen molar-refractivity contribution in [2.24, 2.45) is 0 Å². The largest absolute Gasteiger partial charge is 0.311 e. The molecule has 8 aromatic rings. The topological polar surface area (TPSA) is 19.4 Å². The second kappa shape index (κ2) is 12.8. The van der Waals surface area contributed by atoms with Crippen LogP contribution in [0.1, 0.15) is 17.0 Å². The number of benzene rings is 7. The van der Waals surface area contributed by atoms with Gasteiger partial charge in [0, 0.05) is 51.1 Å². The third-order valence-corrected chi connectivity index (χ3v) is 11.1. The molecule has 0 atom stereocenters. The predicted octanol–water partition coefficient (Wildman–Crippen LogP) is 11.1. The van der Waals surface area contributed by atoms with Gasteiger partial charge in [0.25, 0.3) is 6.71 Å². The SMILES string of the molecule is Cc1cc(C)c(-c2cc3c4c(c2)N(c2ccccc2)c2ccc(-c5ccccc5-c5ccccc5)cc2B4c2ccccc2N3c2ccccc2)c(C)n1. The lowest BCUT2D eigenvalue weighted by atomic mass is 9.33. The smallest absolute Gasteiger partial charge is 0.252 e. The van der Waals surface area contributed by atoms with Crippen LogP contribution in [0.4, 0.5) is 34.1 Å². The number of pyridine rings is 1. The Hall–Kier alpha value is -6.65. The first-order valence-electron chi connectivity index (χ1n) is 18.8. The molecule has 2 aliphatic heterocycles. The second-order valence-electron chi connectivity index (χ2n) is 14.5. The van der Waals surface area contributed by atoms with Gasteiger partial charge in [-0.1, -0.05) is 121 Å². The zero-order chi connectivity index (χ0) is 36.3. The van der Waals surface area contributed by atoms with E-state index in [9.17, 15) is 0 Å². The molecule has 1 aromatic heterocycles. The van der Waals surface area contributed by atoms with Gasteiger partial charge in [-0.15, -0.1) is 0 Å². The first-order valence-corrected chi connectivity index (χ1v) is 18.8. The van der Waals surface area contributed by atoms with E-state index in [2.05, 4.69) is 206 Å². The monoisotopic (exact) mass is 691 g/mol. The van der Waals surface area contributed by atoms with Gasteiger partial charge in [-0.3, -0.25) is 4.98 Å². The molecule has 0 spiro atoms. The summed E-state index contributed by atoms with van der Waals surface area (Å²) in [6, 6.07) is 64.4. The van der Waals surface area contributed by atoms with Gasteiger partial charge in [0.05, 0.1) is 0 Å². The van der Waals surface area contributed by atoms with Crippen LogP contribution in [0.5, 0.6) is 0 Å². The van der Waals surface area contributed by atoms with E-state index in [0.29, 0.717) is 0 Å². The average molecular weight is 692 g/mol. The normalized spacial score (nSPS) is 12.6. The van der Waals surface area contributed by atoms with Crippen molar-refractivity contribution in [1.29, 1.82) is 0 Å². The second-order valence-corrected chi connectivity index (χ2v) is 14.5. The minimum atomic E-state index is 0.0114. The van der Waals surface area contributed by atoms with Crippen molar-refractivity contribution in [2.45, 2.75) is 20.8 Å². The molecule has 3 nitrogen and oxygen atoms in total. The Balaban J connectivity index is 1.30. The maximum atomic E-state index is 4.97. The summed E-state index contributed by atoms with van der Waals surface area (Å²) in [7, 11) is 0. The van der Waals surface area contributed by atoms with Gasteiger partial charge in [-0.2, -0.15) is 0 Å². The number of rotatable bonds is 5. The van der Waals surface area contributed by atoms with Gasteiger partial charge in [0.1, 0.15) is 0 Å². The van der Waals surface area contributed by atoms with E-state index in [1.807, 2.05) is 0 Å². The minimum absolute atomic E-state index is 0.0114. The van der Waals surface area contributed by atoms with E-state index in [-0.39, 0.29) is 6.71 Å². The van der Waals surface area contributed by atoms with Crippen molar-refractivity contribution in [3.05, 3.63) is 193 Å². The summed E-state index contributed by atoms with van der Waals surface area (Å²) < 4.78 is 0. The Kier molecular flexibility index (Phi) is 7.59. The van der Waals surface area contributed by atoms with E-state index < -0.39 is 0 Å². The first-order chi connectivity index (χ1) is 26.5. The van der Waals surface area contributed by atoms with E-state index in [1.165, 1.54) is 78.1 Å². The van der Waals surface area contributed by atoms with Gasteiger partial charge in [-0.05, 0) is 125 Å². The molecule has 4 heteroatoms. The van der Waals surface area contributed by atoms with Crippen LogP contribution in [0.2, 0.25) is 0 Å². The molecule has 0 radical (unpaired) electrons. The van der Waals surface area contributed by atoms with Crippen molar-refractivity contribution in [3.63, 3.8) is 0 Å². The number of aryl methyl sites for hydroxylation is 3. The highest BCUT2D eigenvalue weighted by molar-refractivity contribution is 7.00. The Bertz CT molecular complexity index is 2670. The molecule has 0 amide bonds. The van der Waals surface area contributed by atoms with Crippen LogP contribution in [0, 0.1) is 20.8 Å². The van der Waals surface area contributed by atoms with Crippen molar-refractivity contribution in [1.82, 2.24) is 4.98 Å². The molecule has 0 aliphatic carbocycles. The van der Waals surface area contributed by atoms with Gasteiger partial charge in [0.15, 0.2) is 0 Å². The lowest BCUT2D eigenvalue weighted by molar-refractivity contribution is 1.11. The summed E-state index contributed by atoms with van der Waals surface area (Å²) in [5.74, 6) is 0. The van der Waals surface area contributed by atoms with Crippen LogP contribution in [-0.4, -0.2) is 11.7 Å². The minimum Gasteiger partial charge on any atom is -0.311 e. The number of hydrogen-bond donors (Lipinski definition) is 0. The maximum Gasteiger partial charge on any atom is 0.252 e. The number of anilines is 6. The molecular weight excluding hydrogens is 653 g/mol. The van der Waals surface area contributed by atoms with Gasteiger partial charge >= 0.3 is 0 Å². The molecular formula is C50H38BN3. The van der Waals surface area contributed by atoms with Gasteiger partial charge < -0.3 is 9.80 Å². The fourth-order valence-electron chi connectivity index (χ4n) is 9.04. The summed E-state index contributed by atoms with van der Waals surface area (Å²) in [4.78, 5) is 9.94. The zero-order valence-corrected chi connectivity index (χ0v) is 30.7. The summed E-state index contributed by atoms with van der Waals surface area (Å²) in [6.45, 7) is 6.46. The standard InChI is InChI=1S/C50H38BN3/c1-33-29-34(2)52-35(3)49(33)38-31-47-50-48(32-38)54(40-21-11-6-12-22-40)46-28-27-37(42-24-14-13-23-41(42)36-17-7-4-8-18-36)30-44(46)51(50)43-25-15-16-26-45(43)53(47)39-19-9-5-10-20-39/h4-32H,1-3H3. The maximum absolute atomic E-state index is 4.97.